The number of amides is 1. The molecule has 0 aromatic heterocycles. The molecule has 4 nitrogen and oxygen atoms in total. The van der Waals surface area contributed by atoms with E-state index in [9.17, 15) is 4.79 Å². The van der Waals surface area contributed by atoms with Crippen molar-refractivity contribution in [2.24, 2.45) is 5.92 Å². The zero-order valence-corrected chi connectivity index (χ0v) is 16.7. The molecule has 1 amide bonds. The third-order valence-electron chi connectivity index (χ3n) is 3.31. The fraction of sp³-hybridized carbons (Fsp3) is 0.611. The summed E-state index contributed by atoms with van der Waals surface area (Å²) in [7, 11) is 1.78. The van der Waals surface area contributed by atoms with E-state index in [1.165, 1.54) is 11.1 Å². The molecule has 0 saturated heterocycles. The van der Waals surface area contributed by atoms with Gasteiger partial charge in [0.25, 0.3) is 0 Å². The van der Waals surface area contributed by atoms with Crippen molar-refractivity contribution < 1.29 is 9.53 Å². The lowest BCUT2D eigenvalue weighted by Gasteiger charge is -2.26. The number of halogens is 1. The van der Waals surface area contributed by atoms with Gasteiger partial charge < -0.3 is 15.0 Å². The van der Waals surface area contributed by atoms with E-state index >= 15 is 0 Å². The number of hydrogen-bond donors (Lipinski definition) is 1. The topological polar surface area (TPSA) is 41.6 Å². The van der Waals surface area contributed by atoms with E-state index in [-0.39, 0.29) is 6.09 Å². The van der Waals surface area contributed by atoms with E-state index in [1.807, 2.05) is 20.8 Å². The molecule has 1 aromatic rings. The predicted molar refractivity (Wildman–Crippen MR) is 98.6 cm³/mol. The van der Waals surface area contributed by atoms with Crippen LogP contribution < -0.4 is 5.32 Å². The fourth-order valence-electron chi connectivity index (χ4n) is 2.20. The van der Waals surface area contributed by atoms with Crippen LogP contribution in [0.4, 0.5) is 4.79 Å². The maximum atomic E-state index is 11.9. The van der Waals surface area contributed by atoms with Gasteiger partial charge in [-0.3, -0.25) is 0 Å². The van der Waals surface area contributed by atoms with Gasteiger partial charge in [0, 0.05) is 24.6 Å². The summed E-state index contributed by atoms with van der Waals surface area (Å²) in [6.45, 7) is 12.1. The summed E-state index contributed by atoms with van der Waals surface area (Å²) in [5.74, 6) is 0.344. The van der Waals surface area contributed by atoms with Gasteiger partial charge in [-0.25, -0.2) is 4.79 Å². The Kier molecular flexibility index (Phi) is 7.55. The minimum absolute atomic E-state index is 0.273. The van der Waals surface area contributed by atoms with Crippen LogP contribution in [-0.4, -0.2) is 36.7 Å². The van der Waals surface area contributed by atoms with Crippen molar-refractivity contribution in [2.45, 2.75) is 46.8 Å². The lowest BCUT2D eigenvalue weighted by Crippen LogP contribution is -2.38. The number of nitrogens with zero attached hydrogens (tertiary/aromatic N) is 1. The summed E-state index contributed by atoms with van der Waals surface area (Å²) in [5.41, 5.74) is 2.03. The fourth-order valence-corrected chi connectivity index (χ4v) is 2.83. The molecule has 1 unspecified atom stereocenters. The van der Waals surface area contributed by atoms with Gasteiger partial charge in [0.15, 0.2) is 0 Å². The lowest BCUT2D eigenvalue weighted by molar-refractivity contribution is 0.0277. The molecule has 0 saturated carbocycles. The van der Waals surface area contributed by atoms with Gasteiger partial charge >= 0.3 is 6.09 Å². The van der Waals surface area contributed by atoms with Crippen LogP contribution in [0.3, 0.4) is 0 Å². The number of carbonyl (C=O) groups is 1. The molecule has 0 spiro atoms. The Morgan fingerprint density at radius 1 is 1.39 bits per heavy atom. The molecule has 0 fully saturated rings. The zero-order chi connectivity index (χ0) is 17.6. The molecule has 1 rings (SSSR count). The molecule has 0 heterocycles. The normalized spacial score (nSPS) is 12.8. The third-order valence-corrected chi connectivity index (χ3v) is 4.05. The van der Waals surface area contributed by atoms with E-state index in [2.05, 4.69) is 53.3 Å². The van der Waals surface area contributed by atoms with Crippen LogP contribution in [0.15, 0.2) is 22.7 Å². The first kappa shape index (κ1) is 20.0. The van der Waals surface area contributed by atoms with E-state index in [0.29, 0.717) is 12.5 Å². The van der Waals surface area contributed by atoms with E-state index in [1.54, 1.807) is 11.9 Å². The van der Waals surface area contributed by atoms with Crippen molar-refractivity contribution in [3.8, 4) is 0 Å². The number of ether oxygens (including phenoxy) is 1. The molecule has 1 atom stereocenters. The SMILES string of the molecule is Cc1ccc(CNCC(C)CN(C)C(=O)OC(C)(C)C)c(Br)c1. The van der Waals surface area contributed by atoms with Crippen molar-refractivity contribution in [2.75, 3.05) is 20.1 Å². The second-order valence-corrected chi connectivity index (χ2v) is 8.05. The highest BCUT2D eigenvalue weighted by Crippen LogP contribution is 2.18. The summed E-state index contributed by atoms with van der Waals surface area (Å²) < 4.78 is 6.49. The highest BCUT2D eigenvalue weighted by molar-refractivity contribution is 9.10. The number of rotatable bonds is 6. The minimum atomic E-state index is -0.454. The van der Waals surface area contributed by atoms with E-state index in [0.717, 1.165) is 17.6 Å². The average Bonchev–Trinajstić information content (AvgIpc) is 2.39. The van der Waals surface area contributed by atoms with Gasteiger partial charge in [0.1, 0.15) is 5.60 Å². The Morgan fingerprint density at radius 2 is 2.04 bits per heavy atom. The van der Waals surface area contributed by atoms with Crippen LogP contribution in [-0.2, 0) is 11.3 Å². The van der Waals surface area contributed by atoms with Crippen LogP contribution in [0.2, 0.25) is 0 Å². The Bertz CT molecular complexity index is 526. The van der Waals surface area contributed by atoms with Gasteiger partial charge in [-0.2, -0.15) is 0 Å². The summed E-state index contributed by atoms with van der Waals surface area (Å²) in [6.07, 6.45) is -0.273. The molecule has 0 aliphatic heterocycles. The van der Waals surface area contributed by atoms with Gasteiger partial charge in [-0.05, 0) is 57.4 Å². The highest BCUT2D eigenvalue weighted by Gasteiger charge is 2.20. The molecule has 0 aliphatic carbocycles. The van der Waals surface area contributed by atoms with Crippen molar-refractivity contribution in [1.29, 1.82) is 0 Å². The molecule has 0 radical (unpaired) electrons. The van der Waals surface area contributed by atoms with Crippen molar-refractivity contribution in [1.82, 2.24) is 10.2 Å². The lowest BCUT2D eigenvalue weighted by atomic mass is 10.1. The summed E-state index contributed by atoms with van der Waals surface area (Å²) in [6, 6.07) is 6.36. The first-order valence-corrected chi connectivity index (χ1v) is 8.77. The third kappa shape index (κ3) is 7.84. The van der Waals surface area contributed by atoms with Crippen LogP contribution in [0, 0.1) is 12.8 Å². The van der Waals surface area contributed by atoms with Crippen LogP contribution in [0.1, 0.15) is 38.8 Å². The molecular formula is C18H29BrN2O2. The maximum Gasteiger partial charge on any atom is 0.410 e. The molecule has 23 heavy (non-hydrogen) atoms. The Morgan fingerprint density at radius 3 is 2.61 bits per heavy atom. The number of nitrogens with one attached hydrogen (secondary N) is 1. The standard InChI is InChI=1S/C18H29BrN2O2/c1-13-7-8-15(16(19)9-13)11-20-10-14(2)12-21(6)17(22)23-18(3,4)5/h7-9,14,20H,10-12H2,1-6H3. The molecule has 5 heteroatoms. The number of hydrogen-bond acceptors (Lipinski definition) is 3. The second-order valence-electron chi connectivity index (χ2n) is 7.19. The smallest absolute Gasteiger partial charge is 0.410 e. The van der Waals surface area contributed by atoms with Crippen molar-refractivity contribution in [3.63, 3.8) is 0 Å². The summed E-state index contributed by atoms with van der Waals surface area (Å²) in [5, 5.41) is 3.45. The van der Waals surface area contributed by atoms with Crippen molar-refractivity contribution in [3.05, 3.63) is 33.8 Å². The van der Waals surface area contributed by atoms with E-state index in [4.69, 9.17) is 4.74 Å². The minimum Gasteiger partial charge on any atom is -0.444 e. The molecule has 1 N–H and O–H groups in total. The number of carbonyl (C=O) groups excluding carboxylic acids is 1. The molecular weight excluding hydrogens is 356 g/mol. The van der Waals surface area contributed by atoms with Gasteiger partial charge in [-0.15, -0.1) is 0 Å². The predicted octanol–water partition coefficient (Wildman–Crippen LogP) is 4.35. The average molecular weight is 385 g/mol. The second kappa shape index (κ2) is 8.69. The first-order valence-electron chi connectivity index (χ1n) is 7.98. The molecule has 0 bridgehead atoms. The Labute approximate surface area is 148 Å². The van der Waals surface area contributed by atoms with Crippen LogP contribution >= 0.6 is 15.9 Å². The monoisotopic (exact) mass is 384 g/mol. The number of benzene rings is 1. The highest BCUT2D eigenvalue weighted by atomic mass is 79.9. The van der Waals surface area contributed by atoms with Crippen LogP contribution in [0.5, 0.6) is 0 Å². The molecule has 0 aliphatic rings. The van der Waals surface area contributed by atoms with E-state index < -0.39 is 5.60 Å². The largest absolute Gasteiger partial charge is 0.444 e. The summed E-state index contributed by atoms with van der Waals surface area (Å²) in [4.78, 5) is 13.6. The van der Waals surface area contributed by atoms with Crippen molar-refractivity contribution >= 4 is 22.0 Å². The van der Waals surface area contributed by atoms with Crippen LogP contribution in [0.25, 0.3) is 0 Å². The first-order chi connectivity index (χ1) is 10.6. The van der Waals surface area contributed by atoms with Gasteiger partial charge in [0.2, 0.25) is 0 Å². The number of aryl methyl sites for hydroxylation is 1. The summed E-state index contributed by atoms with van der Waals surface area (Å²) >= 11 is 3.59. The molecule has 130 valence electrons. The van der Waals surface area contributed by atoms with Gasteiger partial charge in [-0.1, -0.05) is 35.0 Å². The zero-order valence-electron chi connectivity index (χ0n) is 15.1. The quantitative estimate of drug-likeness (QED) is 0.792. The Balaban J connectivity index is 2.36. The molecule has 1 aromatic carbocycles. The van der Waals surface area contributed by atoms with Gasteiger partial charge in [0.05, 0.1) is 0 Å². The Hall–Kier alpha value is -1.07. The maximum absolute atomic E-state index is 11.9.